The van der Waals surface area contributed by atoms with E-state index in [1.165, 1.54) is 16.7 Å². The third kappa shape index (κ3) is 3.72. The number of amides is 2. The summed E-state index contributed by atoms with van der Waals surface area (Å²) in [7, 11) is 0. The van der Waals surface area contributed by atoms with Gasteiger partial charge in [-0.1, -0.05) is 90.6 Å². The number of thioether (sulfide) groups is 1. The summed E-state index contributed by atoms with van der Waals surface area (Å²) >= 11 is 1.23. The van der Waals surface area contributed by atoms with Crippen molar-refractivity contribution in [2.45, 2.75) is 5.60 Å². The molecule has 7 heteroatoms. The lowest BCUT2D eigenvalue weighted by atomic mass is 9.86. The van der Waals surface area contributed by atoms with Crippen molar-refractivity contribution in [1.29, 1.82) is 0 Å². The average Bonchev–Trinajstić information content (AvgIpc) is 3.18. The molecule has 0 unspecified atom stereocenters. The lowest BCUT2D eigenvalue weighted by Crippen LogP contribution is -2.44. The second-order valence-corrected chi connectivity index (χ2v) is 7.57. The molecule has 0 spiro atoms. The van der Waals surface area contributed by atoms with Crippen LogP contribution < -0.4 is 10.3 Å². The fourth-order valence-electron chi connectivity index (χ4n) is 3.24. The standard InChI is InChI=1S/C23H19N3O3S/c27-20-16-30-22(26(20)19-14-8-3-9-15-19)25-24-21(28)23(29,17-10-4-1-5-11-17)18-12-6-2-7-13-18/h1-15,29H,16H2,(H,24,28)/b25-22-. The minimum Gasteiger partial charge on any atom is -0.372 e. The van der Waals surface area contributed by atoms with Gasteiger partial charge >= 0.3 is 0 Å². The van der Waals surface area contributed by atoms with Crippen molar-refractivity contribution in [2.75, 3.05) is 10.7 Å². The maximum absolute atomic E-state index is 13.2. The van der Waals surface area contributed by atoms with Gasteiger partial charge in [0.15, 0.2) is 10.8 Å². The Balaban J connectivity index is 1.66. The molecule has 1 aliphatic heterocycles. The third-order valence-corrected chi connectivity index (χ3v) is 5.67. The number of carbonyl (C=O) groups is 2. The summed E-state index contributed by atoms with van der Waals surface area (Å²) in [5.74, 6) is -0.605. The number of para-hydroxylation sites is 1. The highest BCUT2D eigenvalue weighted by molar-refractivity contribution is 8.15. The Morgan fingerprint density at radius 1 is 0.900 bits per heavy atom. The molecule has 1 saturated heterocycles. The lowest BCUT2D eigenvalue weighted by molar-refractivity contribution is -0.136. The molecule has 150 valence electrons. The van der Waals surface area contributed by atoms with Crippen molar-refractivity contribution in [3.63, 3.8) is 0 Å². The second-order valence-electron chi connectivity index (χ2n) is 6.63. The van der Waals surface area contributed by atoms with Gasteiger partial charge in [-0.3, -0.25) is 14.5 Å². The molecule has 30 heavy (non-hydrogen) atoms. The van der Waals surface area contributed by atoms with Crippen molar-refractivity contribution in [1.82, 2.24) is 5.43 Å². The quantitative estimate of drug-likeness (QED) is 0.625. The first-order chi connectivity index (χ1) is 14.6. The fourth-order valence-corrected chi connectivity index (χ4v) is 4.07. The monoisotopic (exact) mass is 417 g/mol. The van der Waals surface area contributed by atoms with E-state index in [2.05, 4.69) is 10.5 Å². The number of carbonyl (C=O) groups excluding carboxylic acids is 2. The fraction of sp³-hybridized carbons (Fsp3) is 0.0870. The molecule has 1 heterocycles. The summed E-state index contributed by atoms with van der Waals surface area (Å²) in [6, 6.07) is 26.5. The van der Waals surface area contributed by atoms with Crippen LogP contribution in [0.25, 0.3) is 0 Å². The first-order valence-corrected chi connectivity index (χ1v) is 10.3. The number of anilines is 1. The number of aliphatic hydroxyl groups is 1. The van der Waals surface area contributed by atoms with Crippen LogP contribution in [-0.2, 0) is 15.2 Å². The molecule has 2 N–H and O–H groups in total. The molecule has 0 radical (unpaired) electrons. The molecule has 0 bridgehead atoms. The Morgan fingerprint density at radius 2 is 1.40 bits per heavy atom. The van der Waals surface area contributed by atoms with Gasteiger partial charge in [0.1, 0.15) is 0 Å². The van der Waals surface area contributed by atoms with E-state index in [1.54, 1.807) is 60.7 Å². The van der Waals surface area contributed by atoms with E-state index in [4.69, 9.17) is 0 Å². The van der Waals surface area contributed by atoms with Gasteiger partial charge in [-0.15, -0.1) is 5.10 Å². The number of amidine groups is 1. The van der Waals surface area contributed by atoms with Gasteiger partial charge < -0.3 is 5.11 Å². The zero-order valence-electron chi connectivity index (χ0n) is 15.9. The first kappa shape index (κ1) is 19.9. The summed E-state index contributed by atoms with van der Waals surface area (Å²) in [5, 5.41) is 16.0. The van der Waals surface area contributed by atoms with Crippen LogP contribution in [0, 0.1) is 0 Å². The van der Waals surface area contributed by atoms with Gasteiger partial charge in [0, 0.05) is 0 Å². The largest absolute Gasteiger partial charge is 0.372 e. The van der Waals surface area contributed by atoms with Crippen LogP contribution in [0.15, 0.2) is 96.1 Å². The van der Waals surface area contributed by atoms with Crippen molar-refractivity contribution in [3.05, 3.63) is 102 Å². The van der Waals surface area contributed by atoms with Crippen LogP contribution in [0.5, 0.6) is 0 Å². The van der Waals surface area contributed by atoms with Crippen LogP contribution >= 0.6 is 11.8 Å². The van der Waals surface area contributed by atoms with Crippen LogP contribution in [0.3, 0.4) is 0 Å². The van der Waals surface area contributed by atoms with Gasteiger partial charge in [0.2, 0.25) is 5.91 Å². The molecule has 2 amide bonds. The number of rotatable bonds is 5. The lowest BCUT2D eigenvalue weighted by Gasteiger charge is -2.27. The van der Waals surface area contributed by atoms with Gasteiger partial charge in [-0.2, -0.15) is 0 Å². The van der Waals surface area contributed by atoms with Gasteiger partial charge in [-0.25, -0.2) is 5.43 Å². The van der Waals surface area contributed by atoms with Crippen molar-refractivity contribution in [3.8, 4) is 0 Å². The molecular formula is C23H19N3O3S. The Bertz CT molecular complexity index is 1030. The Kier molecular flexibility index (Phi) is 5.65. The highest BCUT2D eigenvalue weighted by Crippen LogP contribution is 2.30. The van der Waals surface area contributed by atoms with Crippen molar-refractivity contribution < 1.29 is 14.7 Å². The van der Waals surface area contributed by atoms with E-state index in [0.29, 0.717) is 22.0 Å². The maximum atomic E-state index is 13.2. The zero-order chi connectivity index (χ0) is 21.0. The van der Waals surface area contributed by atoms with Crippen LogP contribution in [0.2, 0.25) is 0 Å². The zero-order valence-corrected chi connectivity index (χ0v) is 16.8. The number of hydrazone groups is 1. The van der Waals surface area contributed by atoms with Crippen molar-refractivity contribution >= 4 is 34.4 Å². The Morgan fingerprint density at radius 3 is 1.93 bits per heavy atom. The number of nitrogens with zero attached hydrogens (tertiary/aromatic N) is 2. The third-order valence-electron chi connectivity index (χ3n) is 4.74. The minimum absolute atomic E-state index is 0.124. The summed E-state index contributed by atoms with van der Waals surface area (Å²) in [4.78, 5) is 27.0. The van der Waals surface area contributed by atoms with Crippen LogP contribution in [0.4, 0.5) is 5.69 Å². The molecule has 0 aromatic heterocycles. The van der Waals surface area contributed by atoms with E-state index >= 15 is 0 Å². The van der Waals surface area contributed by atoms with E-state index in [9.17, 15) is 14.7 Å². The summed E-state index contributed by atoms with van der Waals surface area (Å²) in [5.41, 5.74) is 2.04. The molecule has 3 aromatic rings. The topological polar surface area (TPSA) is 82.0 Å². The van der Waals surface area contributed by atoms with E-state index in [-0.39, 0.29) is 11.7 Å². The number of nitrogens with one attached hydrogen (secondary N) is 1. The number of hydrogen-bond donors (Lipinski definition) is 2. The first-order valence-electron chi connectivity index (χ1n) is 9.33. The van der Waals surface area contributed by atoms with E-state index in [1.807, 2.05) is 30.3 Å². The number of benzene rings is 3. The van der Waals surface area contributed by atoms with E-state index < -0.39 is 11.5 Å². The van der Waals surface area contributed by atoms with Gasteiger partial charge in [0.25, 0.3) is 5.91 Å². The Labute approximate surface area is 178 Å². The predicted molar refractivity (Wildman–Crippen MR) is 118 cm³/mol. The van der Waals surface area contributed by atoms with Gasteiger partial charge in [-0.05, 0) is 23.3 Å². The second kappa shape index (κ2) is 8.52. The average molecular weight is 417 g/mol. The van der Waals surface area contributed by atoms with Crippen LogP contribution in [-0.4, -0.2) is 27.8 Å². The van der Waals surface area contributed by atoms with E-state index in [0.717, 1.165) is 0 Å². The molecule has 0 atom stereocenters. The molecule has 1 aliphatic rings. The normalized spacial score (nSPS) is 15.4. The molecule has 0 aliphatic carbocycles. The highest BCUT2D eigenvalue weighted by Gasteiger charge is 2.40. The Hall–Kier alpha value is -3.42. The van der Waals surface area contributed by atoms with Crippen LogP contribution in [0.1, 0.15) is 11.1 Å². The molecule has 6 nitrogen and oxygen atoms in total. The van der Waals surface area contributed by atoms with Crippen molar-refractivity contribution in [2.24, 2.45) is 5.10 Å². The number of hydrogen-bond acceptors (Lipinski definition) is 5. The molecule has 0 saturated carbocycles. The maximum Gasteiger partial charge on any atom is 0.281 e. The summed E-state index contributed by atoms with van der Waals surface area (Å²) in [6.07, 6.45) is 0. The SMILES string of the molecule is O=C1CS/C(=N\NC(=O)C(O)(c2ccccc2)c2ccccc2)N1c1ccccc1. The predicted octanol–water partition coefficient (Wildman–Crippen LogP) is 3.09. The smallest absolute Gasteiger partial charge is 0.281 e. The minimum atomic E-state index is -1.93. The molecule has 1 fully saturated rings. The van der Waals surface area contributed by atoms with Gasteiger partial charge in [0.05, 0.1) is 11.4 Å². The summed E-state index contributed by atoms with van der Waals surface area (Å²) < 4.78 is 0. The highest BCUT2D eigenvalue weighted by atomic mass is 32.2. The summed E-state index contributed by atoms with van der Waals surface area (Å²) in [6.45, 7) is 0. The molecular weight excluding hydrogens is 398 g/mol. The molecule has 3 aromatic carbocycles. The molecule has 4 rings (SSSR count).